The number of nitrogens with one attached hydrogen (secondary N) is 1. The largest absolute Gasteiger partial charge is 0.466 e. The second-order valence-corrected chi connectivity index (χ2v) is 4.45. The third kappa shape index (κ3) is 7.42. The summed E-state index contributed by atoms with van der Waals surface area (Å²) in [4.78, 5) is 11.3. The third-order valence-corrected chi connectivity index (χ3v) is 2.67. The molecule has 106 valence electrons. The van der Waals surface area contributed by atoms with E-state index < -0.39 is 5.60 Å². The molecular formula is C13H25NO4. The topological polar surface area (TPSA) is 67.8 Å². The highest BCUT2D eigenvalue weighted by molar-refractivity contribution is 5.88. The first-order chi connectivity index (χ1) is 8.46. The normalized spacial score (nSPS) is 15.3. The fourth-order valence-corrected chi connectivity index (χ4v) is 1.45. The lowest BCUT2D eigenvalue weighted by molar-refractivity contribution is -0.136. The summed E-state index contributed by atoms with van der Waals surface area (Å²) in [7, 11) is 2.98. The molecule has 0 heterocycles. The van der Waals surface area contributed by atoms with E-state index in [2.05, 4.69) is 10.1 Å². The number of esters is 1. The Hall–Kier alpha value is -0.910. The molecule has 0 amide bonds. The fraction of sp³-hybridized carbons (Fsp3) is 0.769. The standard InChI is InChI=1S/C13H25NO4/c1-5-11(12(15)18-4)6-8-14-10-13(2,16)7-9-17-3/h6,14,16H,5,7-10H2,1-4H3. The molecule has 18 heavy (non-hydrogen) atoms. The summed E-state index contributed by atoms with van der Waals surface area (Å²) in [6, 6.07) is 0. The van der Waals surface area contributed by atoms with E-state index in [9.17, 15) is 9.90 Å². The van der Waals surface area contributed by atoms with Gasteiger partial charge in [0.05, 0.1) is 12.7 Å². The van der Waals surface area contributed by atoms with Crippen molar-refractivity contribution < 1.29 is 19.4 Å². The number of hydrogen-bond acceptors (Lipinski definition) is 5. The Morgan fingerprint density at radius 3 is 2.61 bits per heavy atom. The molecule has 0 radical (unpaired) electrons. The van der Waals surface area contributed by atoms with Crippen LogP contribution in [0.4, 0.5) is 0 Å². The summed E-state index contributed by atoms with van der Waals surface area (Å²) in [5.41, 5.74) is -0.164. The van der Waals surface area contributed by atoms with Gasteiger partial charge in [0.15, 0.2) is 0 Å². The lowest BCUT2D eigenvalue weighted by Crippen LogP contribution is -2.38. The quantitative estimate of drug-likeness (QED) is 0.365. The lowest BCUT2D eigenvalue weighted by Gasteiger charge is -2.23. The molecular weight excluding hydrogens is 234 g/mol. The van der Waals surface area contributed by atoms with E-state index in [1.54, 1.807) is 20.1 Å². The van der Waals surface area contributed by atoms with E-state index in [1.165, 1.54) is 7.11 Å². The minimum atomic E-state index is -0.804. The average molecular weight is 259 g/mol. The molecule has 0 bridgehead atoms. The highest BCUT2D eigenvalue weighted by Gasteiger charge is 2.18. The van der Waals surface area contributed by atoms with Gasteiger partial charge in [-0.2, -0.15) is 0 Å². The van der Waals surface area contributed by atoms with E-state index >= 15 is 0 Å². The van der Waals surface area contributed by atoms with Crippen LogP contribution in [0.15, 0.2) is 11.6 Å². The predicted octanol–water partition coefficient (Wildman–Crippen LogP) is 0.873. The maximum Gasteiger partial charge on any atom is 0.333 e. The van der Waals surface area contributed by atoms with E-state index in [0.717, 1.165) is 0 Å². The monoisotopic (exact) mass is 259 g/mol. The van der Waals surface area contributed by atoms with Crippen LogP contribution in [0.3, 0.4) is 0 Å². The zero-order chi connectivity index (χ0) is 14.0. The number of methoxy groups -OCH3 is 2. The van der Waals surface area contributed by atoms with Crippen molar-refractivity contribution in [3.05, 3.63) is 11.6 Å². The molecule has 0 spiro atoms. The zero-order valence-electron chi connectivity index (χ0n) is 11.8. The highest BCUT2D eigenvalue weighted by atomic mass is 16.5. The van der Waals surface area contributed by atoms with Gasteiger partial charge in [-0.3, -0.25) is 0 Å². The molecule has 0 aromatic heterocycles. The van der Waals surface area contributed by atoms with Crippen molar-refractivity contribution >= 4 is 5.97 Å². The molecule has 0 aliphatic carbocycles. The second-order valence-electron chi connectivity index (χ2n) is 4.45. The summed E-state index contributed by atoms with van der Waals surface area (Å²) in [5.74, 6) is -0.301. The van der Waals surface area contributed by atoms with Crippen LogP contribution in [0.2, 0.25) is 0 Å². The van der Waals surface area contributed by atoms with Crippen molar-refractivity contribution in [1.29, 1.82) is 0 Å². The molecule has 0 aliphatic heterocycles. The summed E-state index contributed by atoms with van der Waals surface area (Å²) in [5, 5.41) is 13.1. The van der Waals surface area contributed by atoms with Crippen LogP contribution in [-0.2, 0) is 14.3 Å². The Bertz CT molecular complexity index is 274. The maximum atomic E-state index is 11.3. The molecule has 0 aliphatic rings. The van der Waals surface area contributed by atoms with Gasteiger partial charge in [0.1, 0.15) is 0 Å². The number of rotatable bonds is 9. The molecule has 0 aromatic rings. The minimum Gasteiger partial charge on any atom is -0.466 e. The SMILES string of the molecule is CCC(=CCNCC(C)(O)CCOC)C(=O)OC. The highest BCUT2D eigenvalue weighted by Crippen LogP contribution is 2.07. The van der Waals surface area contributed by atoms with Crippen molar-refractivity contribution in [2.75, 3.05) is 33.9 Å². The van der Waals surface area contributed by atoms with E-state index in [-0.39, 0.29) is 5.97 Å². The molecule has 0 aromatic carbocycles. The van der Waals surface area contributed by atoms with Gasteiger partial charge >= 0.3 is 5.97 Å². The Balaban J connectivity index is 4.03. The first-order valence-electron chi connectivity index (χ1n) is 6.16. The predicted molar refractivity (Wildman–Crippen MR) is 70.4 cm³/mol. The van der Waals surface area contributed by atoms with Crippen LogP contribution in [0.5, 0.6) is 0 Å². The molecule has 0 fully saturated rings. The number of hydrogen-bond donors (Lipinski definition) is 2. The Morgan fingerprint density at radius 2 is 2.11 bits per heavy atom. The summed E-state index contributed by atoms with van der Waals surface area (Å²) >= 11 is 0. The second kappa shape index (κ2) is 9.08. The van der Waals surface area contributed by atoms with Gasteiger partial charge in [-0.25, -0.2) is 4.79 Å². The van der Waals surface area contributed by atoms with Gasteiger partial charge in [-0.1, -0.05) is 13.0 Å². The van der Waals surface area contributed by atoms with Crippen molar-refractivity contribution in [3.8, 4) is 0 Å². The summed E-state index contributed by atoms with van der Waals surface area (Å²) in [6.07, 6.45) is 2.99. The van der Waals surface area contributed by atoms with Crippen LogP contribution in [0.25, 0.3) is 0 Å². The lowest BCUT2D eigenvalue weighted by atomic mass is 10.0. The van der Waals surface area contributed by atoms with Gasteiger partial charge in [0, 0.05) is 38.8 Å². The van der Waals surface area contributed by atoms with Crippen LogP contribution in [0.1, 0.15) is 26.7 Å². The number of carbonyl (C=O) groups excluding carboxylic acids is 1. The molecule has 5 heteroatoms. The van der Waals surface area contributed by atoms with Crippen LogP contribution < -0.4 is 5.32 Å². The molecule has 1 unspecified atom stereocenters. The van der Waals surface area contributed by atoms with Gasteiger partial charge in [-0.05, 0) is 13.3 Å². The van der Waals surface area contributed by atoms with Crippen molar-refractivity contribution in [2.45, 2.75) is 32.3 Å². The maximum absolute atomic E-state index is 11.3. The molecule has 0 rings (SSSR count). The Morgan fingerprint density at radius 1 is 1.44 bits per heavy atom. The van der Waals surface area contributed by atoms with Gasteiger partial charge in [-0.15, -0.1) is 0 Å². The Labute approximate surface area is 109 Å². The summed E-state index contributed by atoms with van der Waals surface area (Å²) in [6.45, 7) is 5.15. The Kier molecular flexibility index (Phi) is 8.62. The van der Waals surface area contributed by atoms with Crippen molar-refractivity contribution in [2.24, 2.45) is 0 Å². The number of aliphatic hydroxyl groups is 1. The number of carbonyl (C=O) groups is 1. The van der Waals surface area contributed by atoms with E-state index in [0.29, 0.717) is 38.1 Å². The first kappa shape index (κ1) is 17.1. The van der Waals surface area contributed by atoms with Crippen LogP contribution >= 0.6 is 0 Å². The van der Waals surface area contributed by atoms with Crippen molar-refractivity contribution in [3.63, 3.8) is 0 Å². The molecule has 5 nitrogen and oxygen atoms in total. The van der Waals surface area contributed by atoms with Crippen LogP contribution in [0, 0.1) is 0 Å². The van der Waals surface area contributed by atoms with Crippen LogP contribution in [-0.4, -0.2) is 50.6 Å². The molecule has 0 saturated carbocycles. The van der Waals surface area contributed by atoms with Crippen molar-refractivity contribution in [1.82, 2.24) is 5.32 Å². The van der Waals surface area contributed by atoms with E-state index in [1.807, 2.05) is 6.92 Å². The van der Waals surface area contributed by atoms with Gasteiger partial charge < -0.3 is 19.9 Å². The van der Waals surface area contributed by atoms with Gasteiger partial charge in [0.25, 0.3) is 0 Å². The third-order valence-electron chi connectivity index (χ3n) is 2.67. The summed E-state index contributed by atoms with van der Waals surface area (Å²) < 4.78 is 9.58. The van der Waals surface area contributed by atoms with Gasteiger partial charge in [0.2, 0.25) is 0 Å². The number of ether oxygens (including phenoxy) is 2. The average Bonchev–Trinajstić information content (AvgIpc) is 2.35. The molecule has 2 N–H and O–H groups in total. The molecule has 0 saturated heterocycles. The first-order valence-corrected chi connectivity index (χ1v) is 6.16. The molecule has 1 atom stereocenters. The fourth-order valence-electron chi connectivity index (χ4n) is 1.45. The van der Waals surface area contributed by atoms with E-state index in [4.69, 9.17) is 4.74 Å². The minimum absolute atomic E-state index is 0.301. The smallest absolute Gasteiger partial charge is 0.333 e. The zero-order valence-corrected chi connectivity index (χ0v) is 11.8.